The standard InChI is InChI=1S/C28H32N4O6S/c1-20(2)29-28(34)22(4)30(18-23-15-13-21(3)14-16-23)27(33)19-31(24-9-8-10-25(17-24)32(35)36)39(37,38)26-11-6-5-7-12-26/h5-17,20,22H,18-19H2,1-4H3,(H,29,34)/t22-/m0/s1. The average Bonchev–Trinajstić information content (AvgIpc) is 2.91. The molecule has 206 valence electrons. The molecule has 0 bridgehead atoms. The molecule has 1 atom stereocenters. The lowest BCUT2D eigenvalue weighted by atomic mass is 10.1. The number of hydrogen-bond acceptors (Lipinski definition) is 6. The normalized spacial score (nSPS) is 12.0. The molecule has 0 radical (unpaired) electrons. The fourth-order valence-corrected chi connectivity index (χ4v) is 5.32. The number of nitro groups is 1. The Labute approximate surface area is 228 Å². The Morgan fingerprint density at radius 2 is 1.59 bits per heavy atom. The molecular weight excluding hydrogens is 520 g/mol. The van der Waals surface area contributed by atoms with Gasteiger partial charge in [0, 0.05) is 24.7 Å². The van der Waals surface area contributed by atoms with Crippen LogP contribution in [0.15, 0.2) is 83.8 Å². The minimum Gasteiger partial charge on any atom is -0.352 e. The Morgan fingerprint density at radius 3 is 2.18 bits per heavy atom. The van der Waals surface area contributed by atoms with E-state index in [0.29, 0.717) is 0 Å². The molecule has 0 saturated heterocycles. The smallest absolute Gasteiger partial charge is 0.271 e. The number of carbonyl (C=O) groups excluding carboxylic acids is 2. The van der Waals surface area contributed by atoms with Crippen LogP contribution in [0.1, 0.15) is 31.9 Å². The molecule has 11 heteroatoms. The number of non-ortho nitro benzene ring substituents is 1. The van der Waals surface area contributed by atoms with Gasteiger partial charge in [0.05, 0.1) is 15.5 Å². The molecule has 3 rings (SSSR count). The van der Waals surface area contributed by atoms with Crippen LogP contribution in [-0.4, -0.2) is 48.7 Å². The molecule has 0 aliphatic carbocycles. The Bertz CT molecular complexity index is 1430. The summed E-state index contributed by atoms with van der Waals surface area (Å²) < 4.78 is 28.3. The number of aryl methyl sites for hydroxylation is 1. The number of benzene rings is 3. The topological polar surface area (TPSA) is 130 Å². The van der Waals surface area contributed by atoms with E-state index in [0.717, 1.165) is 21.5 Å². The van der Waals surface area contributed by atoms with Crippen LogP contribution in [0.2, 0.25) is 0 Å². The molecule has 10 nitrogen and oxygen atoms in total. The zero-order valence-electron chi connectivity index (χ0n) is 22.3. The lowest BCUT2D eigenvalue weighted by molar-refractivity contribution is -0.384. The van der Waals surface area contributed by atoms with Gasteiger partial charge in [-0.05, 0) is 51.5 Å². The van der Waals surface area contributed by atoms with Crippen LogP contribution in [0.25, 0.3) is 0 Å². The third kappa shape index (κ3) is 7.41. The molecule has 0 aromatic heterocycles. The minimum absolute atomic E-state index is 0.0454. The van der Waals surface area contributed by atoms with E-state index in [2.05, 4.69) is 5.32 Å². The van der Waals surface area contributed by atoms with Crippen LogP contribution in [0, 0.1) is 17.0 Å². The quantitative estimate of drug-likeness (QED) is 0.282. The van der Waals surface area contributed by atoms with Crippen LogP contribution in [0.4, 0.5) is 11.4 Å². The van der Waals surface area contributed by atoms with Crippen molar-refractivity contribution in [2.45, 2.75) is 51.2 Å². The van der Waals surface area contributed by atoms with Gasteiger partial charge in [0.1, 0.15) is 12.6 Å². The van der Waals surface area contributed by atoms with Gasteiger partial charge in [-0.15, -0.1) is 0 Å². The number of carbonyl (C=O) groups is 2. The highest BCUT2D eigenvalue weighted by molar-refractivity contribution is 7.92. The predicted molar refractivity (Wildman–Crippen MR) is 149 cm³/mol. The van der Waals surface area contributed by atoms with E-state index in [1.807, 2.05) is 31.2 Å². The molecule has 1 N–H and O–H groups in total. The van der Waals surface area contributed by atoms with Gasteiger partial charge in [0.25, 0.3) is 15.7 Å². The summed E-state index contributed by atoms with van der Waals surface area (Å²) >= 11 is 0. The molecule has 0 unspecified atom stereocenters. The number of anilines is 1. The fraction of sp³-hybridized carbons (Fsp3) is 0.286. The van der Waals surface area contributed by atoms with Crippen molar-refractivity contribution in [3.05, 3.63) is 100 Å². The fourth-order valence-electron chi connectivity index (χ4n) is 3.89. The lowest BCUT2D eigenvalue weighted by Crippen LogP contribution is -2.52. The van der Waals surface area contributed by atoms with Gasteiger partial charge in [0.2, 0.25) is 11.8 Å². The zero-order chi connectivity index (χ0) is 28.7. The van der Waals surface area contributed by atoms with Crippen LogP contribution < -0.4 is 9.62 Å². The summed E-state index contributed by atoms with van der Waals surface area (Å²) in [6.45, 7) is 6.48. The number of sulfonamides is 1. The summed E-state index contributed by atoms with van der Waals surface area (Å²) in [5.41, 5.74) is 1.41. The molecule has 0 fully saturated rings. The van der Waals surface area contributed by atoms with Crippen molar-refractivity contribution in [3.63, 3.8) is 0 Å². The number of hydrogen-bond donors (Lipinski definition) is 1. The molecule has 0 aliphatic rings. The van der Waals surface area contributed by atoms with E-state index in [-0.39, 0.29) is 28.9 Å². The Morgan fingerprint density at radius 1 is 0.949 bits per heavy atom. The average molecular weight is 553 g/mol. The van der Waals surface area contributed by atoms with E-state index < -0.39 is 39.3 Å². The van der Waals surface area contributed by atoms with Crippen LogP contribution in [0.3, 0.4) is 0 Å². The molecule has 0 aliphatic heterocycles. The van der Waals surface area contributed by atoms with Crippen molar-refractivity contribution in [1.82, 2.24) is 10.2 Å². The summed E-state index contributed by atoms with van der Waals surface area (Å²) in [5.74, 6) is -1.04. The van der Waals surface area contributed by atoms with Crippen LogP contribution in [0.5, 0.6) is 0 Å². The maximum atomic E-state index is 13.8. The summed E-state index contributed by atoms with van der Waals surface area (Å²) in [6, 6.07) is 18.9. The molecule has 0 saturated carbocycles. The highest BCUT2D eigenvalue weighted by Gasteiger charge is 2.33. The first-order valence-electron chi connectivity index (χ1n) is 12.4. The zero-order valence-corrected chi connectivity index (χ0v) is 23.1. The van der Waals surface area contributed by atoms with Gasteiger partial charge in [0.15, 0.2) is 0 Å². The molecule has 3 aromatic carbocycles. The largest absolute Gasteiger partial charge is 0.352 e. The van der Waals surface area contributed by atoms with Crippen molar-refractivity contribution in [2.24, 2.45) is 0 Å². The van der Waals surface area contributed by atoms with Gasteiger partial charge >= 0.3 is 0 Å². The lowest BCUT2D eigenvalue weighted by Gasteiger charge is -2.32. The van der Waals surface area contributed by atoms with Crippen molar-refractivity contribution < 1.29 is 22.9 Å². The van der Waals surface area contributed by atoms with E-state index in [4.69, 9.17) is 0 Å². The highest BCUT2D eigenvalue weighted by atomic mass is 32.2. The predicted octanol–water partition coefficient (Wildman–Crippen LogP) is 4.04. The Kier molecular flexibility index (Phi) is 9.42. The first-order valence-corrected chi connectivity index (χ1v) is 13.8. The van der Waals surface area contributed by atoms with Crippen molar-refractivity contribution in [2.75, 3.05) is 10.8 Å². The third-order valence-electron chi connectivity index (χ3n) is 6.01. The number of nitrogens with one attached hydrogen (secondary N) is 1. The van der Waals surface area contributed by atoms with Crippen LogP contribution >= 0.6 is 0 Å². The van der Waals surface area contributed by atoms with E-state index in [9.17, 15) is 28.1 Å². The summed E-state index contributed by atoms with van der Waals surface area (Å²) in [5, 5.41) is 14.2. The van der Waals surface area contributed by atoms with Gasteiger partial charge in [-0.3, -0.25) is 24.0 Å². The maximum Gasteiger partial charge on any atom is 0.271 e. The van der Waals surface area contributed by atoms with E-state index >= 15 is 0 Å². The summed E-state index contributed by atoms with van der Waals surface area (Å²) in [4.78, 5) is 38.8. The maximum absolute atomic E-state index is 13.8. The van der Waals surface area contributed by atoms with E-state index in [1.165, 1.54) is 35.2 Å². The molecule has 2 amide bonds. The number of nitrogens with zero attached hydrogens (tertiary/aromatic N) is 3. The van der Waals surface area contributed by atoms with Gasteiger partial charge in [-0.1, -0.05) is 54.1 Å². The molecule has 39 heavy (non-hydrogen) atoms. The second-order valence-electron chi connectivity index (χ2n) is 9.45. The van der Waals surface area contributed by atoms with Crippen molar-refractivity contribution in [3.8, 4) is 0 Å². The SMILES string of the molecule is Cc1ccc(CN(C(=O)CN(c2cccc([N+](=O)[O-])c2)S(=O)(=O)c2ccccc2)[C@@H](C)C(=O)NC(C)C)cc1. The molecule has 0 heterocycles. The van der Waals surface area contributed by atoms with Crippen LogP contribution in [-0.2, 0) is 26.2 Å². The van der Waals surface area contributed by atoms with Gasteiger partial charge < -0.3 is 10.2 Å². The molecule has 0 spiro atoms. The first kappa shape index (κ1) is 29.3. The number of rotatable bonds is 11. The van der Waals surface area contributed by atoms with Crippen molar-refractivity contribution >= 4 is 33.2 Å². The van der Waals surface area contributed by atoms with Crippen molar-refractivity contribution in [1.29, 1.82) is 0 Å². The van der Waals surface area contributed by atoms with Gasteiger partial charge in [-0.2, -0.15) is 0 Å². The Balaban J connectivity index is 2.06. The van der Waals surface area contributed by atoms with Gasteiger partial charge in [-0.25, -0.2) is 8.42 Å². The molecular formula is C28H32N4O6S. The minimum atomic E-state index is -4.31. The number of amides is 2. The number of nitro benzene ring substituents is 1. The molecule has 3 aromatic rings. The Hall–Kier alpha value is -4.25. The second kappa shape index (κ2) is 12.5. The summed E-state index contributed by atoms with van der Waals surface area (Å²) in [7, 11) is -4.31. The summed E-state index contributed by atoms with van der Waals surface area (Å²) in [6.07, 6.45) is 0. The van der Waals surface area contributed by atoms with E-state index in [1.54, 1.807) is 39.0 Å². The monoisotopic (exact) mass is 552 g/mol. The third-order valence-corrected chi connectivity index (χ3v) is 7.80. The first-order chi connectivity index (χ1) is 18.4. The highest BCUT2D eigenvalue weighted by Crippen LogP contribution is 2.27. The second-order valence-corrected chi connectivity index (χ2v) is 11.3.